The highest BCUT2D eigenvalue weighted by atomic mass is 32.2. The van der Waals surface area contributed by atoms with Crippen molar-refractivity contribution in [2.45, 2.75) is 24.5 Å². The minimum atomic E-state index is -3.51. The van der Waals surface area contributed by atoms with E-state index in [2.05, 4.69) is 16.6 Å². The Labute approximate surface area is 237 Å². The van der Waals surface area contributed by atoms with Crippen molar-refractivity contribution in [2.24, 2.45) is 17.6 Å². The number of nitrogens with two attached hydrogens (primary N) is 1. The van der Waals surface area contributed by atoms with Gasteiger partial charge in [-0.15, -0.1) is 0 Å². The fraction of sp³-hybridized carbons (Fsp3) is 0.444. The fourth-order valence-corrected chi connectivity index (χ4v) is 6.43. The number of nitrogens with zero attached hydrogens (tertiary/aromatic N) is 2. The van der Waals surface area contributed by atoms with Gasteiger partial charge in [-0.25, -0.2) is 13.1 Å². The summed E-state index contributed by atoms with van der Waals surface area (Å²) in [6, 6.07) is 0.476. The van der Waals surface area contributed by atoms with Gasteiger partial charge in [0.05, 0.1) is 30.0 Å². The van der Waals surface area contributed by atoms with E-state index in [1.165, 1.54) is 4.90 Å². The van der Waals surface area contributed by atoms with Gasteiger partial charge in [0.15, 0.2) is 11.4 Å². The molecule has 1 aromatic carbocycles. The molecule has 0 aromatic heterocycles. The van der Waals surface area contributed by atoms with Gasteiger partial charge in [-0.1, -0.05) is 11.8 Å². The number of nitrogens with one attached hydrogen (secondary N) is 1. The number of ketones is 2. The van der Waals surface area contributed by atoms with Crippen LogP contribution in [0.5, 0.6) is 5.75 Å². The van der Waals surface area contributed by atoms with Gasteiger partial charge in [-0.2, -0.15) is 0 Å². The van der Waals surface area contributed by atoms with Crippen LogP contribution >= 0.6 is 0 Å². The first-order valence-corrected chi connectivity index (χ1v) is 14.5. The molecule has 0 unspecified atom stereocenters. The Morgan fingerprint density at radius 1 is 1.20 bits per heavy atom. The van der Waals surface area contributed by atoms with Gasteiger partial charge >= 0.3 is 0 Å². The Morgan fingerprint density at radius 2 is 1.83 bits per heavy atom. The fourth-order valence-electron chi connectivity index (χ4n) is 6.10. The first-order valence-electron chi connectivity index (χ1n) is 12.6. The van der Waals surface area contributed by atoms with Crippen LogP contribution in [0.3, 0.4) is 0 Å². The molecular formula is C27H32N4O9S. The van der Waals surface area contributed by atoms with E-state index in [9.17, 15) is 43.2 Å². The second kappa shape index (κ2) is 10.2. The van der Waals surface area contributed by atoms with E-state index in [1.807, 2.05) is 0 Å². The van der Waals surface area contributed by atoms with Crippen molar-refractivity contribution in [2.75, 3.05) is 45.9 Å². The summed E-state index contributed by atoms with van der Waals surface area (Å²) in [7, 11) is 3.05. The van der Waals surface area contributed by atoms with Gasteiger partial charge < -0.3 is 31.1 Å². The zero-order valence-electron chi connectivity index (χ0n) is 23.1. The molecule has 0 saturated heterocycles. The van der Waals surface area contributed by atoms with Gasteiger partial charge in [0.25, 0.3) is 5.91 Å². The summed E-state index contributed by atoms with van der Waals surface area (Å²) >= 11 is 0. The van der Waals surface area contributed by atoms with Crippen molar-refractivity contribution in [3.63, 3.8) is 0 Å². The number of phenolic OH excluding ortho intramolecular Hbond substituents is 1. The lowest BCUT2D eigenvalue weighted by Crippen LogP contribution is -2.63. The monoisotopic (exact) mass is 588 g/mol. The molecule has 4 rings (SSSR count). The van der Waals surface area contributed by atoms with Crippen molar-refractivity contribution >= 4 is 33.2 Å². The third kappa shape index (κ3) is 4.74. The number of amides is 1. The summed E-state index contributed by atoms with van der Waals surface area (Å²) in [4.78, 5) is 42.7. The maximum atomic E-state index is 14.0. The zero-order chi connectivity index (χ0) is 30.8. The SMILES string of the molecule is CN(C)c1cc(C#CCNS(C)(=O)=O)c(O)c2c1C[C@H]1C[C@@H]3[C@H](N(C)C)C(O)=C(C(N)=O)C(=O)[C@]3(O)C(O)=C1C2=O. The summed E-state index contributed by atoms with van der Waals surface area (Å²) in [5.41, 5.74) is 2.28. The molecule has 0 bridgehead atoms. The molecular weight excluding hydrogens is 556 g/mol. The molecule has 7 N–H and O–H groups in total. The van der Waals surface area contributed by atoms with Crippen molar-refractivity contribution < 1.29 is 43.2 Å². The van der Waals surface area contributed by atoms with Crippen LogP contribution in [0.15, 0.2) is 28.7 Å². The molecule has 3 aliphatic rings. The van der Waals surface area contributed by atoms with Crippen LogP contribution in [0, 0.1) is 23.7 Å². The second-order valence-corrected chi connectivity index (χ2v) is 12.7. The van der Waals surface area contributed by atoms with E-state index in [-0.39, 0.29) is 36.1 Å². The van der Waals surface area contributed by atoms with E-state index in [4.69, 9.17) is 5.73 Å². The normalized spacial score (nSPS) is 25.8. The van der Waals surface area contributed by atoms with Crippen molar-refractivity contribution in [1.82, 2.24) is 9.62 Å². The van der Waals surface area contributed by atoms with Crippen LogP contribution in [0.2, 0.25) is 0 Å². The van der Waals surface area contributed by atoms with Crippen LogP contribution in [0.25, 0.3) is 0 Å². The smallest absolute Gasteiger partial charge is 0.255 e. The number of phenols is 1. The molecule has 3 aliphatic carbocycles. The number of Topliss-reactive ketones (excluding diaryl/α,β-unsaturated/α-hetero) is 2. The summed E-state index contributed by atoms with van der Waals surface area (Å²) in [5, 5.41) is 45.1. The maximum Gasteiger partial charge on any atom is 0.255 e. The highest BCUT2D eigenvalue weighted by Crippen LogP contribution is 2.53. The number of benzene rings is 1. The van der Waals surface area contributed by atoms with Gasteiger partial charge in [-0.3, -0.25) is 19.3 Å². The number of aliphatic hydroxyl groups excluding tert-OH is 2. The van der Waals surface area contributed by atoms with E-state index in [0.29, 0.717) is 11.3 Å². The van der Waals surface area contributed by atoms with Gasteiger partial charge in [0.2, 0.25) is 15.8 Å². The summed E-state index contributed by atoms with van der Waals surface area (Å²) < 4.78 is 24.9. The zero-order valence-corrected chi connectivity index (χ0v) is 24.0. The number of likely N-dealkylation sites (N-methyl/N-ethyl adjacent to an activating group) is 1. The van der Waals surface area contributed by atoms with Crippen LogP contribution in [-0.4, -0.2) is 104 Å². The Balaban J connectivity index is 1.92. The Morgan fingerprint density at radius 3 is 2.37 bits per heavy atom. The molecule has 0 radical (unpaired) electrons. The van der Waals surface area contributed by atoms with E-state index < -0.39 is 73.8 Å². The number of allylic oxidation sites excluding steroid dienone is 1. The number of sulfonamides is 1. The maximum absolute atomic E-state index is 14.0. The van der Waals surface area contributed by atoms with Gasteiger partial charge in [0.1, 0.15) is 22.8 Å². The minimum Gasteiger partial charge on any atom is -0.510 e. The number of hydrogen-bond donors (Lipinski definition) is 6. The molecule has 14 heteroatoms. The number of aliphatic hydroxyl groups is 3. The van der Waals surface area contributed by atoms with E-state index >= 15 is 0 Å². The first-order chi connectivity index (χ1) is 18.9. The number of rotatable bonds is 5. The number of aromatic hydroxyl groups is 1. The van der Waals surface area contributed by atoms with Crippen molar-refractivity contribution in [3.8, 4) is 17.6 Å². The predicted molar refractivity (Wildman–Crippen MR) is 148 cm³/mol. The standard InChI is InChI=1S/C27H32N4O9S/c1-30(2)16-11-12(7-6-8-29-41(5,39)40)21(32)18-14(16)9-13-10-15-20(31(3)4)23(34)19(26(28)37)25(36)27(15,38)24(35)17(13)22(18)33/h11,13,15,20,29,32,34-35,38H,8-10H2,1-5H3,(H2,28,37)/t13-,15+,20-,27+/m0/s1. The lowest BCUT2D eigenvalue weighted by Gasteiger charge is -2.50. The summed E-state index contributed by atoms with van der Waals surface area (Å²) in [6.45, 7) is -0.249. The quantitative estimate of drug-likeness (QED) is 0.183. The lowest BCUT2D eigenvalue weighted by atomic mass is 9.58. The molecule has 1 aromatic rings. The molecule has 220 valence electrons. The minimum absolute atomic E-state index is 0.0207. The number of carbonyl (C=O) groups excluding carboxylic acids is 3. The topological polar surface area (TPSA) is 211 Å². The number of primary amides is 1. The molecule has 4 atom stereocenters. The second-order valence-electron chi connectivity index (χ2n) is 10.9. The molecule has 1 amide bonds. The molecule has 0 fully saturated rings. The Hall–Kier alpha value is -3.90. The van der Waals surface area contributed by atoms with Crippen LogP contribution < -0.4 is 15.4 Å². The third-order valence-corrected chi connectivity index (χ3v) is 8.50. The molecule has 0 saturated carbocycles. The highest BCUT2D eigenvalue weighted by molar-refractivity contribution is 7.88. The van der Waals surface area contributed by atoms with E-state index in [1.54, 1.807) is 39.2 Å². The first kappa shape index (κ1) is 30.1. The third-order valence-electron chi connectivity index (χ3n) is 7.83. The van der Waals surface area contributed by atoms with Gasteiger partial charge in [-0.05, 0) is 44.5 Å². The highest BCUT2D eigenvalue weighted by Gasteiger charge is 2.63. The molecule has 41 heavy (non-hydrogen) atoms. The van der Waals surface area contributed by atoms with Crippen LogP contribution in [0.1, 0.15) is 27.9 Å². The lowest BCUT2D eigenvalue weighted by molar-refractivity contribution is -0.148. The average molecular weight is 589 g/mol. The predicted octanol–water partition coefficient (Wildman–Crippen LogP) is -0.913. The Kier molecular flexibility index (Phi) is 7.47. The largest absolute Gasteiger partial charge is 0.510 e. The van der Waals surface area contributed by atoms with Crippen LogP contribution in [-0.2, 0) is 26.0 Å². The summed E-state index contributed by atoms with van der Waals surface area (Å²) in [5.74, 6) is -2.16. The van der Waals surface area contributed by atoms with Gasteiger partial charge in [0, 0.05) is 31.3 Å². The van der Waals surface area contributed by atoms with Crippen molar-refractivity contribution in [1.29, 1.82) is 0 Å². The van der Waals surface area contributed by atoms with E-state index in [0.717, 1.165) is 6.26 Å². The Bertz CT molecular complexity index is 1610. The molecule has 0 spiro atoms. The number of fused-ring (bicyclic) bond motifs is 3. The molecule has 13 nitrogen and oxygen atoms in total. The molecule has 0 aliphatic heterocycles. The molecule has 0 heterocycles. The average Bonchev–Trinajstić information content (AvgIpc) is 2.83. The number of anilines is 1. The van der Waals surface area contributed by atoms with Crippen molar-refractivity contribution in [3.05, 3.63) is 45.4 Å². The van der Waals surface area contributed by atoms with Crippen LogP contribution in [0.4, 0.5) is 5.69 Å². The summed E-state index contributed by atoms with van der Waals surface area (Å²) in [6.07, 6.45) is 1.06. The number of carbonyl (C=O) groups is 3. The number of hydrogen-bond acceptors (Lipinski definition) is 11.